The minimum atomic E-state index is 0.116. The maximum atomic E-state index is 5.56. The summed E-state index contributed by atoms with van der Waals surface area (Å²) < 4.78 is 5.27. The SMILES string of the molecule is NC1=N[C@@H](c2ccsc2)COC1. The van der Waals surface area contributed by atoms with E-state index in [9.17, 15) is 0 Å². The molecule has 2 rings (SSSR count). The molecule has 2 heterocycles. The molecule has 4 heteroatoms. The fourth-order valence-corrected chi connectivity index (χ4v) is 1.89. The summed E-state index contributed by atoms with van der Waals surface area (Å²) in [5.74, 6) is 0.595. The number of thiophene rings is 1. The number of rotatable bonds is 1. The van der Waals surface area contributed by atoms with Crippen LogP contribution in [0.1, 0.15) is 11.6 Å². The van der Waals surface area contributed by atoms with Crippen molar-refractivity contribution in [3.05, 3.63) is 22.4 Å². The van der Waals surface area contributed by atoms with Crippen LogP contribution in [0.5, 0.6) is 0 Å². The van der Waals surface area contributed by atoms with Gasteiger partial charge in [0, 0.05) is 0 Å². The van der Waals surface area contributed by atoms with E-state index < -0.39 is 0 Å². The predicted molar refractivity (Wildman–Crippen MR) is 49.5 cm³/mol. The molecule has 12 heavy (non-hydrogen) atoms. The zero-order valence-electron chi connectivity index (χ0n) is 6.56. The lowest BCUT2D eigenvalue weighted by molar-refractivity contribution is 0.144. The van der Waals surface area contributed by atoms with Gasteiger partial charge >= 0.3 is 0 Å². The Kier molecular flexibility index (Phi) is 2.10. The van der Waals surface area contributed by atoms with E-state index in [1.54, 1.807) is 11.3 Å². The van der Waals surface area contributed by atoms with Crippen molar-refractivity contribution in [3.8, 4) is 0 Å². The summed E-state index contributed by atoms with van der Waals surface area (Å²) in [4.78, 5) is 4.30. The first-order valence-corrected chi connectivity index (χ1v) is 4.72. The third-order valence-corrected chi connectivity index (χ3v) is 2.48. The Labute approximate surface area is 74.9 Å². The Morgan fingerprint density at radius 1 is 1.67 bits per heavy atom. The van der Waals surface area contributed by atoms with E-state index in [0.29, 0.717) is 19.0 Å². The highest BCUT2D eigenvalue weighted by atomic mass is 32.1. The molecule has 0 radical (unpaired) electrons. The van der Waals surface area contributed by atoms with E-state index in [2.05, 4.69) is 16.4 Å². The summed E-state index contributed by atoms with van der Waals surface area (Å²) in [6, 6.07) is 2.17. The molecule has 0 bridgehead atoms. The van der Waals surface area contributed by atoms with Gasteiger partial charge in [0.15, 0.2) is 0 Å². The Morgan fingerprint density at radius 3 is 3.25 bits per heavy atom. The van der Waals surface area contributed by atoms with Gasteiger partial charge in [-0.1, -0.05) is 0 Å². The Hall–Kier alpha value is -0.870. The molecule has 0 unspecified atom stereocenters. The summed E-state index contributed by atoms with van der Waals surface area (Å²) in [6.45, 7) is 1.12. The number of nitrogens with zero attached hydrogens (tertiary/aromatic N) is 1. The van der Waals surface area contributed by atoms with Crippen LogP contribution in [0.15, 0.2) is 21.8 Å². The molecule has 0 amide bonds. The Bertz CT molecular complexity index is 281. The van der Waals surface area contributed by atoms with Crippen LogP contribution in [0, 0.1) is 0 Å². The summed E-state index contributed by atoms with van der Waals surface area (Å²) in [6.07, 6.45) is 0. The van der Waals surface area contributed by atoms with Crippen molar-refractivity contribution in [3.63, 3.8) is 0 Å². The normalized spacial score (nSPS) is 23.7. The second kappa shape index (κ2) is 3.25. The Balaban J connectivity index is 2.20. The fraction of sp³-hybridized carbons (Fsp3) is 0.375. The van der Waals surface area contributed by atoms with Gasteiger partial charge in [-0.15, -0.1) is 0 Å². The van der Waals surface area contributed by atoms with Gasteiger partial charge in [-0.3, -0.25) is 4.99 Å². The van der Waals surface area contributed by atoms with Crippen LogP contribution < -0.4 is 5.73 Å². The molecule has 0 saturated heterocycles. The van der Waals surface area contributed by atoms with Crippen molar-refractivity contribution in [2.24, 2.45) is 10.7 Å². The minimum absolute atomic E-state index is 0.116. The van der Waals surface area contributed by atoms with Gasteiger partial charge in [0.2, 0.25) is 0 Å². The molecule has 1 aliphatic rings. The largest absolute Gasteiger partial charge is 0.386 e. The van der Waals surface area contributed by atoms with Crippen LogP contribution in [-0.2, 0) is 4.74 Å². The number of amidine groups is 1. The highest BCUT2D eigenvalue weighted by molar-refractivity contribution is 7.07. The predicted octanol–water partition coefficient (Wildman–Crippen LogP) is 1.18. The van der Waals surface area contributed by atoms with Gasteiger partial charge < -0.3 is 10.5 Å². The summed E-state index contributed by atoms with van der Waals surface area (Å²) >= 11 is 1.67. The standard InChI is InChI=1S/C8H10N2OS/c9-8-4-11-3-7(10-8)6-1-2-12-5-6/h1-2,5,7H,3-4H2,(H2,9,10)/t7-/m1/s1. The monoisotopic (exact) mass is 182 g/mol. The molecule has 1 aliphatic heterocycles. The quantitative estimate of drug-likeness (QED) is 0.708. The van der Waals surface area contributed by atoms with E-state index in [0.717, 1.165) is 0 Å². The van der Waals surface area contributed by atoms with Crippen molar-refractivity contribution >= 4 is 17.2 Å². The molecule has 0 aliphatic carbocycles. The van der Waals surface area contributed by atoms with Gasteiger partial charge in [-0.2, -0.15) is 11.3 Å². The molecule has 0 saturated carbocycles. The molecule has 1 atom stereocenters. The minimum Gasteiger partial charge on any atom is -0.386 e. The molecule has 1 aromatic rings. The van der Waals surface area contributed by atoms with E-state index >= 15 is 0 Å². The molecule has 0 spiro atoms. The number of aliphatic imine (C=N–C) groups is 1. The van der Waals surface area contributed by atoms with Crippen molar-refractivity contribution in [1.82, 2.24) is 0 Å². The second-order valence-electron chi connectivity index (χ2n) is 2.71. The van der Waals surface area contributed by atoms with Gasteiger partial charge in [-0.25, -0.2) is 0 Å². The van der Waals surface area contributed by atoms with Crippen molar-refractivity contribution in [2.45, 2.75) is 6.04 Å². The van der Waals surface area contributed by atoms with Crippen molar-refractivity contribution in [2.75, 3.05) is 13.2 Å². The molecular weight excluding hydrogens is 172 g/mol. The van der Waals surface area contributed by atoms with Crippen LogP contribution in [-0.4, -0.2) is 19.0 Å². The first kappa shape index (κ1) is 7.76. The van der Waals surface area contributed by atoms with E-state index in [1.165, 1.54) is 5.56 Å². The lowest BCUT2D eigenvalue weighted by Crippen LogP contribution is -2.27. The van der Waals surface area contributed by atoms with Crippen LogP contribution in [0.25, 0.3) is 0 Å². The molecule has 0 aromatic carbocycles. The van der Waals surface area contributed by atoms with E-state index in [-0.39, 0.29) is 6.04 Å². The first-order valence-electron chi connectivity index (χ1n) is 3.78. The molecule has 3 nitrogen and oxygen atoms in total. The fourth-order valence-electron chi connectivity index (χ4n) is 1.19. The summed E-state index contributed by atoms with van der Waals surface area (Å²) in [7, 11) is 0. The lowest BCUT2D eigenvalue weighted by atomic mass is 10.1. The zero-order chi connectivity index (χ0) is 8.39. The third kappa shape index (κ3) is 1.49. The lowest BCUT2D eigenvalue weighted by Gasteiger charge is -2.17. The smallest absolute Gasteiger partial charge is 0.121 e. The number of nitrogens with two attached hydrogens (primary N) is 1. The Morgan fingerprint density at radius 2 is 2.58 bits per heavy atom. The number of hydrogen-bond acceptors (Lipinski definition) is 4. The van der Waals surface area contributed by atoms with Crippen LogP contribution in [0.4, 0.5) is 0 Å². The van der Waals surface area contributed by atoms with Crippen LogP contribution >= 0.6 is 11.3 Å². The van der Waals surface area contributed by atoms with Crippen LogP contribution in [0.2, 0.25) is 0 Å². The van der Waals surface area contributed by atoms with Crippen molar-refractivity contribution < 1.29 is 4.74 Å². The second-order valence-corrected chi connectivity index (χ2v) is 3.49. The first-order chi connectivity index (χ1) is 5.86. The molecule has 2 N–H and O–H groups in total. The highest BCUT2D eigenvalue weighted by Gasteiger charge is 2.15. The molecular formula is C8H10N2OS. The maximum Gasteiger partial charge on any atom is 0.121 e. The van der Waals surface area contributed by atoms with Gasteiger partial charge in [0.05, 0.1) is 6.61 Å². The summed E-state index contributed by atoms with van der Waals surface area (Å²) in [5.41, 5.74) is 6.76. The average Bonchev–Trinajstić information content (AvgIpc) is 2.56. The van der Waals surface area contributed by atoms with E-state index in [4.69, 9.17) is 10.5 Å². The summed E-state index contributed by atoms with van der Waals surface area (Å²) in [5, 5.41) is 4.12. The third-order valence-electron chi connectivity index (χ3n) is 1.78. The van der Waals surface area contributed by atoms with Gasteiger partial charge in [-0.05, 0) is 22.4 Å². The van der Waals surface area contributed by atoms with Gasteiger partial charge in [0.1, 0.15) is 18.5 Å². The maximum absolute atomic E-state index is 5.56. The van der Waals surface area contributed by atoms with Crippen molar-refractivity contribution in [1.29, 1.82) is 0 Å². The molecule has 0 fully saturated rings. The van der Waals surface area contributed by atoms with E-state index in [1.807, 2.05) is 5.38 Å². The van der Waals surface area contributed by atoms with Crippen LogP contribution in [0.3, 0.4) is 0 Å². The number of hydrogen-bond donors (Lipinski definition) is 1. The topological polar surface area (TPSA) is 47.6 Å². The molecule has 64 valence electrons. The number of ether oxygens (including phenoxy) is 1. The zero-order valence-corrected chi connectivity index (χ0v) is 7.38. The van der Waals surface area contributed by atoms with Gasteiger partial charge in [0.25, 0.3) is 0 Å². The molecule has 1 aromatic heterocycles. The highest BCUT2D eigenvalue weighted by Crippen LogP contribution is 2.22. The average molecular weight is 182 g/mol.